The van der Waals surface area contributed by atoms with Crippen LogP contribution in [0, 0.1) is 0 Å². The third kappa shape index (κ3) is 2.86. The number of rotatable bonds is 4. The van der Waals surface area contributed by atoms with Gasteiger partial charge in [-0.2, -0.15) is 0 Å². The van der Waals surface area contributed by atoms with Gasteiger partial charge in [-0.15, -0.1) is 0 Å². The number of ether oxygens (including phenoxy) is 1. The van der Waals surface area contributed by atoms with E-state index in [1.54, 1.807) is 12.1 Å². The molecule has 0 unspecified atom stereocenters. The zero-order chi connectivity index (χ0) is 16.4. The summed E-state index contributed by atoms with van der Waals surface area (Å²) in [6.07, 6.45) is 0. The van der Waals surface area contributed by atoms with Crippen molar-refractivity contribution in [1.82, 2.24) is 10.3 Å². The normalized spacial score (nSPS) is 11.3. The molecule has 1 N–H and O–H groups in total. The van der Waals surface area contributed by atoms with Crippen molar-refractivity contribution < 1.29 is 22.6 Å². The predicted octanol–water partition coefficient (Wildman–Crippen LogP) is 1.81. The van der Waals surface area contributed by atoms with Crippen LogP contribution in [-0.4, -0.2) is 31.8 Å². The molecular formula is C14H11N3O5S. The van der Waals surface area contributed by atoms with Crippen LogP contribution in [0.3, 0.4) is 0 Å². The van der Waals surface area contributed by atoms with E-state index < -0.39 is 16.0 Å². The van der Waals surface area contributed by atoms with Crippen molar-refractivity contribution in [2.75, 3.05) is 11.8 Å². The second kappa shape index (κ2) is 5.69. The molecule has 118 valence electrons. The van der Waals surface area contributed by atoms with Crippen LogP contribution in [0.4, 0.5) is 5.69 Å². The Balaban J connectivity index is 1.99. The first-order valence-electron chi connectivity index (χ1n) is 6.44. The molecule has 0 saturated carbocycles. The van der Waals surface area contributed by atoms with Crippen LogP contribution < -0.4 is 4.72 Å². The summed E-state index contributed by atoms with van der Waals surface area (Å²) >= 11 is 0. The molecule has 0 radical (unpaired) electrons. The monoisotopic (exact) mass is 333 g/mol. The topological polar surface area (TPSA) is 111 Å². The minimum Gasteiger partial charge on any atom is -0.465 e. The van der Waals surface area contributed by atoms with Gasteiger partial charge in [-0.3, -0.25) is 4.72 Å². The third-order valence-corrected chi connectivity index (χ3v) is 4.49. The van der Waals surface area contributed by atoms with E-state index in [9.17, 15) is 13.2 Å². The zero-order valence-electron chi connectivity index (χ0n) is 11.9. The molecule has 1 aromatic heterocycles. The Morgan fingerprint density at radius 3 is 2.74 bits per heavy atom. The molecule has 23 heavy (non-hydrogen) atoms. The van der Waals surface area contributed by atoms with Crippen molar-refractivity contribution >= 4 is 32.7 Å². The minimum absolute atomic E-state index is 0.0697. The van der Waals surface area contributed by atoms with Crippen LogP contribution in [-0.2, 0) is 14.8 Å². The van der Waals surface area contributed by atoms with E-state index in [0.29, 0.717) is 5.52 Å². The average Bonchev–Trinajstić information content (AvgIpc) is 3.02. The van der Waals surface area contributed by atoms with Gasteiger partial charge in [0.2, 0.25) is 0 Å². The number of carbonyl (C=O) groups is 1. The number of benzene rings is 2. The van der Waals surface area contributed by atoms with Crippen molar-refractivity contribution in [3.05, 3.63) is 48.0 Å². The first-order valence-corrected chi connectivity index (χ1v) is 7.92. The van der Waals surface area contributed by atoms with Gasteiger partial charge < -0.3 is 4.74 Å². The molecule has 9 heteroatoms. The molecule has 3 aromatic rings. The fourth-order valence-corrected chi connectivity index (χ4v) is 3.24. The van der Waals surface area contributed by atoms with Crippen molar-refractivity contribution in [1.29, 1.82) is 0 Å². The number of hydrogen-bond donors (Lipinski definition) is 1. The Bertz CT molecular complexity index is 981. The summed E-state index contributed by atoms with van der Waals surface area (Å²) in [5.74, 6) is -0.561. The molecule has 0 amide bonds. The van der Waals surface area contributed by atoms with Gasteiger partial charge in [-0.05, 0) is 40.6 Å². The van der Waals surface area contributed by atoms with E-state index in [0.717, 1.165) is 0 Å². The Hall–Kier alpha value is -2.94. The molecule has 8 nitrogen and oxygen atoms in total. The summed E-state index contributed by atoms with van der Waals surface area (Å²) in [5.41, 5.74) is 0.913. The number of nitrogens with zero attached hydrogens (tertiary/aromatic N) is 2. The number of esters is 1. The van der Waals surface area contributed by atoms with Gasteiger partial charge in [0, 0.05) is 5.69 Å². The number of anilines is 1. The van der Waals surface area contributed by atoms with E-state index in [1.165, 1.54) is 37.4 Å². The van der Waals surface area contributed by atoms with Crippen LogP contribution in [0.5, 0.6) is 0 Å². The number of sulfonamides is 1. The SMILES string of the molecule is COC(=O)c1cccc(NS(=O)(=O)c2cccc3nonc23)c1. The lowest BCUT2D eigenvalue weighted by Gasteiger charge is -2.09. The largest absolute Gasteiger partial charge is 0.465 e. The number of aromatic nitrogens is 2. The van der Waals surface area contributed by atoms with Crippen molar-refractivity contribution in [2.45, 2.75) is 4.90 Å². The molecule has 2 aromatic carbocycles. The Morgan fingerprint density at radius 1 is 1.17 bits per heavy atom. The highest BCUT2D eigenvalue weighted by molar-refractivity contribution is 7.93. The number of fused-ring (bicyclic) bond motifs is 1. The molecule has 0 spiro atoms. The standard InChI is InChI=1S/C14H11N3O5S/c1-21-14(18)9-4-2-5-10(8-9)17-23(19,20)12-7-3-6-11-13(12)16-22-15-11/h2-8,17H,1H3. The summed E-state index contributed by atoms with van der Waals surface area (Å²) in [6.45, 7) is 0. The maximum atomic E-state index is 12.5. The predicted molar refractivity (Wildman–Crippen MR) is 80.4 cm³/mol. The van der Waals surface area contributed by atoms with Crippen molar-refractivity contribution in [3.8, 4) is 0 Å². The van der Waals surface area contributed by atoms with E-state index in [1.807, 2.05) is 0 Å². The summed E-state index contributed by atoms with van der Waals surface area (Å²) in [4.78, 5) is 11.4. The van der Waals surface area contributed by atoms with Crippen molar-refractivity contribution in [3.63, 3.8) is 0 Å². The van der Waals surface area contributed by atoms with Crippen LogP contribution in [0.1, 0.15) is 10.4 Å². The summed E-state index contributed by atoms with van der Waals surface area (Å²) in [7, 11) is -2.68. The Kier molecular flexibility index (Phi) is 3.70. The second-order valence-corrected chi connectivity index (χ2v) is 6.22. The van der Waals surface area contributed by atoms with Crippen LogP contribution in [0.2, 0.25) is 0 Å². The molecule has 0 fully saturated rings. The highest BCUT2D eigenvalue weighted by Crippen LogP contribution is 2.23. The van der Waals surface area contributed by atoms with Gasteiger partial charge in [0.1, 0.15) is 10.4 Å². The van der Waals surface area contributed by atoms with E-state index in [2.05, 4.69) is 24.4 Å². The molecule has 0 atom stereocenters. The molecule has 0 bridgehead atoms. The highest BCUT2D eigenvalue weighted by Gasteiger charge is 2.20. The van der Waals surface area contributed by atoms with Crippen molar-refractivity contribution in [2.24, 2.45) is 0 Å². The summed E-state index contributed by atoms with van der Waals surface area (Å²) in [6, 6.07) is 10.5. The van der Waals surface area contributed by atoms with Gasteiger partial charge in [0.25, 0.3) is 10.0 Å². The lowest BCUT2D eigenvalue weighted by molar-refractivity contribution is 0.0601. The van der Waals surface area contributed by atoms with Gasteiger partial charge >= 0.3 is 5.97 Å². The molecule has 1 heterocycles. The number of nitrogens with one attached hydrogen (secondary N) is 1. The Labute approximate surface area is 131 Å². The first kappa shape index (κ1) is 15.0. The lowest BCUT2D eigenvalue weighted by Crippen LogP contribution is -2.14. The van der Waals surface area contributed by atoms with Gasteiger partial charge in [0.05, 0.1) is 12.7 Å². The van der Waals surface area contributed by atoms with Crippen LogP contribution in [0.25, 0.3) is 11.0 Å². The van der Waals surface area contributed by atoms with E-state index in [-0.39, 0.29) is 21.7 Å². The fraction of sp³-hybridized carbons (Fsp3) is 0.0714. The first-order chi connectivity index (χ1) is 11.0. The molecule has 0 aliphatic rings. The van der Waals surface area contributed by atoms with Gasteiger partial charge in [0.15, 0.2) is 5.52 Å². The smallest absolute Gasteiger partial charge is 0.337 e. The van der Waals surface area contributed by atoms with E-state index in [4.69, 9.17) is 0 Å². The molecule has 0 saturated heterocycles. The summed E-state index contributed by atoms with van der Waals surface area (Å²) < 4.78 is 36.6. The molecule has 0 aliphatic carbocycles. The van der Waals surface area contributed by atoms with Gasteiger partial charge in [-0.1, -0.05) is 12.1 Å². The molecular weight excluding hydrogens is 322 g/mol. The van der Waals surface area contributed by atoms with Gasteiger partial charge in [-0.25, -0.2) is 17.8 Å². The average molecular weight is 333 g/mol. The highest BCUT2D eigenvalue weighted by atomic mass is 32.2. The fourth-order valence-electron chi connectivity index (χ4n) is 2.04. The second-order valence-electron chi connectivity index (χ2n) is 4.57. The van der Waals surface area contributed by atoms with E-state index >= 15 is 0 Å². The quantitative estimate of drug-likeness (QED) is 0.725. The maximum absolute atomic E-state index is 12.5. The van der Waals surface area contributed by atoms with Crippen LogP contribution in [0.15, 0.2) is 52.0 Å². The summed E-state index contributed by atoms with van der Waals surface area (Å²) in [5, 5.41) is 7.22. The number of hydrogen-bond acceptors (Lipinski definition) is 7. The third-order valence-electron chi connectivity index (χ3n) is 3.07. The Morgan fingerprint density at radius 2 is 1.96 bits per heavy atom. The molecule has 3 rings (SSSR count). The lowest BCUT2D eigenvalue weighted by atomic mass is 10.2. The molecule has 0 aliphatic heterocycles. The minimum atomic E-state index is -3.92. The number of methoxy groups -OCH3 is 1. The van der Waals surface area contributed by atoms with Crippen LogP contribution >= 0.6 is 0 Å². The number of carbonyl (C=O) groups excluding carboxylic acids is 1. The maximum Gasteiger partial charge on any atom is 0.337 e. The zero-order valence-corrected chi connectivity index (χ0v) is 12.7.